The molecule has 2 atom stereocenters. The molecule has 2 N–H and O–H groups in total. The van der Waals surface area contributed by atoms with E-state index in [1.807, 2.05) is 35.0 Å². The summed E-state index contributed by atoms with van der Waals surface area (Å²) in [5, 5.41) is 6.83. The molecule has 10 heteroatoms. The number of amides is 2. The minimum atomic E-state index is -0.497. The van der Waals surface area contributed by atoms with Gasteiger partial charge in [0.05, 0.1) is 30.2 Å². The maximum atomic E-state index is 13.2. The molecule has 2 aromatic heterocycles. The third kappa shape index (κ3) is 3.05. The van der Waals surface area contributed by atoms with Crippen molar-refractivity contribution >= 4 is 35.2 Å². The standard InChI is InChI=1S/C20H19N7O2S/c1-25-16-14(17-19(25)24-15(30-17)10-26-6-5-22-11-26)8-23-27(20(16)29)9-12-3-2-4-13(7-12)18(21)28/h2-8,11,14,16H,9-10H2,1H3,(H2,21,28). The van der Waals surface area contributed by atoms with Gasteiger partial charge >= 0.3 is 0 Å². The van der Waals surface area contributed by atoms with E-state index in [-0.39, 0.29) is 24.4 Å². The highest BCUT2D eigenvalue weighted by Gasteiger charge is 2.47. The number of hydrogen-bond donors (Lipinski definition) is 1. The van der Waals surface area contributed by atoms with Crippen molar-refractivity contribution < 1.29 is 9.59 Å². The summed E-state index contributed by atoms with van der Waals surface area (Å²) in [4.78, 5) is 36.4. The molecule has 0 saturated carbocycles. The normalized spacial score (nSPS) is 19.8. The molecule has 2 amide bonds. The molecule has 30 heavy (non-hydrogen) atoms. The van der Waals surface area contributed by atoms with E-state index in [0.29, 0.717) is 12.1 Å². The number of primary amides is 1. The highest BCUT2D eigenvalue weighted by Crippen LogP contribution is 2.44. The summed E-state index contributed by atoms with van der Waals surface area (Å²) in [6.45, 7) is 0.927. The number of thiazole rings is 1. The molecule has 0 radical (unpaired) electrons. The van der Waals surface area contributed by atoms with Gasteiger partial charge in [0.2, 0.25) is 5.91 Å². The third-order valence-corrected chi connectivity index (χ3v) is 6.50. The van der Waals surface area contributed by atoms with Crippen molar-refractivity contribution in [3.8, 4) is 0 Å². The molecule has 2 aliphatic heterocycles. The molecule has 3 aromatic rings. The molecule has 1 aromatic carbocycles. The van der Waals surface area contributed by atoms with E-state index in [0.717, 1.165) is 21.3 Å². The fourth-order valence-electron chi connectivity index (χ4n) is 3.90. The first-order valence-electron chi connectivity index (χ1n) is 9.43. The average Bonchev–Trinajstić information content (AvgIpc) is 3.44. The van der Waals surface area contributed by atoms with E-state index in [1.54, 1.807) is 42.1 Å². The highest BCUT2D eigenvalue weighted by atomic mass is 32.1. The van der Waals surface area contributed by atoms with Crippen LogP contribution >= 0.6 is 11.3 Å². The second-order valence-corrected chi connectivity index (χ2v) is 8.45. The monoisotopic (exact) mass is 421 g/mol. The number of fused-ring (bicyclic) bond motifs is 3. The largest absolute Gasteiger partial charge is 0.366 e. The van der Waals surface area contributed by atoms with Crippen LogP contribution in [0.3, 0.4) is 0 Å². The smallest absolute Gasteiger partial charge is 0.266 e. The number of rotatable bonds is 5. The van der Waals surface area contributed by atoms with Gasteiger partial charge in [-0.1, -0.05) is 12.1 Å². The number of aromatic nitrogens is 3. The molecule has 0 aliphatic carbocycles. The molecule has 0 bridgehead atoms. The van der Waals surface area contributed by atoms with Gasteiger partial charge in [0, 0.05) is 31.2 Å². The van der Waals surface area contributed by atoms with Crippen LogP contribution in [0.1, 0.15) is 31.7 Å². The van der Waals surface area contributed by atoms with Crippen molar-refractivity contribution in [3.63, 3.8) is 0 Å². The van der Waals surface area contributed by atoms with Crippen LogP contribution in [-0.2, 0) is 17.9 Å². The van der Waals surface area contributed by atoms with E-state index in [1.165, 1.54) is 5.01 Å². The number of likely N-dealkylation sites (N-methyl/N-ethyl adjacent to an activating group) is 1. The van der Waals surface area contributed by atoms with Crippen LogP contribution in [0.25, 0.3) is 0 Å². The van der Waals surface area contributed by atoms with E-state index in [4.69, 9.17) is 10.7 Å². The Bertz CT molecular complexity index is 1150. The number of carbonyl (C=O) groups excluding carboxylic acids is 2. The van der Waals surface area contributed by atoms with Gasteiger partial charge in [-0.3, -0.25) is 9.59 Å². The van der Waals surface area contributed by atoms with Gasteiger partial charge in [0.25, 0.3) is 5.91 Å². The Morgan fingerprint density at radius 2 is 2.17 bits per heavy atom. The van der Waals surface area contributed by atoms with Gasteiger partial charge in [-0.05, 0) is 17.7 Å². The van der Waals surface area contributed by atoms with Crippen LogP contribution in [0.5, 0.6) is 0 Å². The Morgan fingerprint density at radius 1 is 1.30 bits per heavy atom. The lowest BCUT2D eigenvalue weighted by molar-refractivity contribution is -0.133. The number of imidazole rings is 1. The average molecular weight is 421 g/mol. The zero-order valence-corrected chi connectivity index (χ0v) is 17.0. The predicted octanol–water partition coefficient (Wildman–Crippen LogP) is 1.42. The second kappa shape index (κ2) is 7.06. The lowest BCUT2D eigenvalue weighted by Crippen LogP contribution is -2.48. The predicted molar refractivity (Wildman–Crippen MR) is 112 cm³/mol. The van der Waals surface area contributed by atoms with E-state index in [2.05, 4.69) is 10.1 Å². The fourth-order valence-corrected chi connectivity index (χ4v) is 5.11. The Morgan fingerprint density at radius 3 is 2.93 bits per heavy atom. The maximum Gasteiger partial charge on any atom is 0.266 e. The summed E-state index contributed by atoms with van der Waals surface area (Å²) in [5.41, 5.74) is 6.56. The lowest BCUT2D eigenvalue weighted by Gasteiger charge is -2.31. The molecule has 0 spiro atoms. The van der Waals surface area contributed by atoms with Crippen molar-refractivity contribution in [1.29, 1.82) is 0 Å². The van der Waals surface area contributed by atoms with E-state index >= 15 is 0 Å². The Balaban J connectivity index is 1.38. The van der Waals surface area contributed by atoms with Gasteiger partial charge < -0.3 is 15.2 Å². The quantitative estimate of drug-likeness (QED) is 0.670. The molecule has 9 nitrogen and oxygen atoms in total. The lowest BCUT2D eigenvalue weighted by atomic mass is 10.00. The zero-order chi connectivity index (χ0) is 20.8. The Kier molecular flexibility index (Phi) is 4.35. The van der Waals surface area contributed by atoms with Gasteiger partial charge in [0.1, 0.15) is 16.9 Å². The minimum absolute atomic E-state index is 0.0872. The van der Waals surface area contributed by atoms with Crippen LogP contribution in [-0.4, -0.2) is 50.7 Å². The first kappa shape index (κ1) is 18.5. The van der Waals surface area contributed by atoms with E-state index in [9.17, 15) is 9.59 Å². The minimum Gasteiger partial charge on any atom is -0.366 e. The summed E-state index contributed by atoms with van der Waals surface area (Å²) in [6, 6.07) is 6.58. The number of benzene rings is 1. The summed E-state index contributed by atoms with van der Waals surface area (Å²) in [7, 11) is 1.90. The van der Waals surface area contributed by atoms with Crippen LogP contribution in [0.2, 0.25) is 0 Å². The Labute approximate surface area is 176 Å². The second-order valence-electron chi connectivity index (χ2n) is 7.34. The fraction of sp³-hybridized carbons (Fsp3) is 0.250. The molecule has 4 heterocycles. The van der Waals surface area contributed by atoms with E-state index < -0.39 is 5.91 Å². The topological polar surface area (TPSA) is 110 Å². The number of nitrogens with two attached hydrogens (primary N) is 1. The number of nitrogens with zero attached hydrogens (tertiary/aromatic N) is 6. The number of hydrogen-bond acceptors (Lipinski definition) is 7. The third-order valence-electron chi connectivity index (χ3n) is 5.37. The van der Waals surface area contributed by atoms with Crippen LogP contribution in [0.15, 0.2) is 48.1 Å². The molecule has 0 fully saturated rings. The van der Waals surface area contributed by atoms with Crippen molar-refractivity contribution in [2.45, 2.75) is 25.0 Å². The van der Waals surface area contributed by atoms with Crippen LogP contribution in [0, 0.1) is 0 Å². The first-order valence-corrected chi connectivity index (χ1v) is 10.3. The van der Waals surface area contributed by atoms with Crippen LogP contribution in [0.4, 0.5) is 5.82 Å². The van der Waals surface area contributed by atoms with Crippen molar-refractivity contribution in [1.82, 2.24) is 19.5 Å². The van der Waals surface area contributed by atoms with Crippen molar-refractivity contribution in [2.75, 3.05) is 11.9 Å². The summed E-state index contributed by atoms with van der Waals surface area (Å²) in [6.07, 6.45) is 7.22. The molecule has 152 valence electrons. The Hall–Kier alpha value is -3.53. The number of carbonyl (C=O) groups is 2. The summed E-state index contributed by atoms with van der Waals surface area (Å²) >= 11 is 1.61. The summed E-state index contributed by atoms with van der Waals surface area (Å²) in [5.74, 6) is 0.140. The molecule has 2 aliphatic rings. The van der Waals surface area contributed by atoms with Crippen molar-refractivity contribution in [2.24, 2.45) is 10.8 Å². The maximum absolute atomic E-state index is 13.2. The van der Waals surface area contributed by atoms with Gasteiger partial charge in [-0.25, -0.2) is 15.0 Å². The van der Waals surface area contributed by atoms with Gasteiger partial charge in [0.15, 0.2) is 0 Å². The zero-order valence-electron chi connectivity index (χ0n) is 16.2. The van der Waals surface area contributed by atoms with Crippen molar-refractivity contribution in [3.05, 3.63) is 64.0 Å². The van der Waals surface area contributed by atoms with Crippen LogP contribution < -0.4 is 10.6 Å². The molecule has 0 saturated heterocycles. The first-order chi connectivity index (χ1) is 14.5. The molecule has 2 unspecified atom stereocenters. The summed E-state index contributed by atoms with van der Waals surface area (Å²) < 4.78 is 1.97. The SMILES string of the molecule is CN1c2nc(Cn3ccnc3)sc2C2C=NN(Cc3cccc(C(N)=O)c3)C(=O)C21. The molecular formula is C20H19N7O2S. The van der Waals surface area contributed by atoms with Gasteiger partial charge in [-0.15, -0.1) is 11.3 Å². The van der Waals surface area contributed by atoms with Gasteiger partial charge in [-0.2, -0.15) is 5.10 Å². The number of hydrazone groups is 1. The molecular weight excluding hydrogens is 402 g/mol. The number of anilines is 1. The highest BCUT2D eigenvalue weighted by molar-refractivity contribution is 7.12. The molecule has 5 rings (SSSR count).